The summed E-state index contributed by atoms with van der Waals surface area (Å²) in [6.07, 6.45) is 0. The van der Waals surface area contributed by atoms with Crippen molar-refractivity contribution in [1.82, 2.24) is 4.72 Å². The van der Waals surface area contributed by atoms with Gasteiger partial charge in [0.2, 0.25) is 0 Å². The molecule has 0 saturated carbocycles. The molecular formula is C24H22N2O4S. The standard InChI is InChI=1S/C24H22N2O4S/c1-26(2)19-12-11-18-13-22(30-21(18)14-19)24(28)25-31(29)23-6-4-3-5-20(23)17-9-7-16(15-27)8-10-17/h3-14,27H,15H2,1-2H3,(H,25,28). The molecule has 6 nitrogen and oxygen atoms in total. The number of aliphatic hydroxyl groups excluding tert-OH is 1. The normalized spacial score (nSPS) is 12.0. The fourth-order valence-corrected chi connectivity index (χ4v) is 4.22. The molecule has 158 valence electrons. The number of hydrogen-bond donors (Lipinski definition) is 2. The molecular weight excluding hydrogens is 412 g/mol. The summed E-state index contributed by atoms with van der Waals surface area (Å²) >= 11 is 0. The average molecular weight is 435 g/mol. The zero-order valence-electron chi connectivity index (χ0n) is 17.2. The maximum atomic E-state index is 13.0. The molecule has 0 bridgehead atoms. The van der Waals surface area contributed by atoms with Crippen molar-refractivity contribution >= 4 is 33.5 Å². The highest BCUT2D eigenvalue weighted by molar-refractivity contribution is 7.83. The molecule has 1 atom stereocenters. The first-order valence-electron chi connectivity index (χ1n) is 9.69. The summed E-state index contributed by atoms with van der Waals surface area (Å²) < 4.78 is 21.2. The van der Waals surface area contributed by atoms with Gasteiger partial charge in [-0.05, 0) is 41.0 Å². The molecule has 0 saturated heterocycles. The highest BCUT2D eigenvalue weighted by atomic mass is 32.2. The predicted molar refractivity (Wildman–Crippen MR) is 122 cm³/mol. The highest BCUT2D eigenvalue weighted by Gasteiger charge is 2.18. The maximum Gasteiger partial charge on any atom is 0.298 e. The van der Waals surface area contributed by atoms with E-state index in [4.69, 9.17) is 4.42 Å². The largest absolute Gasteiger partial charge is 0.451 e. The lowest BCUT2D eigenvalue weighted by atomic mass is 10.0. The SMILES string of the molecule is CN(C)c1ccc2cc(C(=O)NS(=O)c3ccccc3-c3ccc(CO)cc3)oc2c1. The number of benzene rings is 3. The Bertz CT molecular complexity index is 1260. The Balaban J connectivity index is 1.58. The second kappa shape index (κ2) is 8.75. The monoisotopic (exact) mass is 434 g/mol. The van der Waals surface area contributed by atoms with Crippen LogP contribution in [0.25, 0.3) is 22.1 Å². The number of fused-ring (bicyclic) bond motifs is 1. The van der Waals surface area contributed by atoms with E-state index in [-0.39, 0.29) is 12.4 Å². The van der Waals surface area contributed by atoms with Crippen LogP contribution in [0, 0.1) is 0 Å². The molecule has 2 N–H and O–H groups in total. The topological polar surface area (TPSA) is 82.8 Å². The van der Waals surface area contributed by atoms with Gasteiger partial charge in [-0.25, -0.2) is 4.21 Å². The molecule has 1 amide bonds. The number of carbonyl (C=O) groups is 1. The minimum Gasteiger partial charge on any atom is -0.451 e. The van der Waals surface area contributed by atoms with Crippen LogP contribution in [-0.2, 0) is 17.6 Å². The van der Waals surface area contributed by atoms with E-state index in [1.807, 2.05) is 73.6 Å². The van der Waals surface area contributed by atoms with Crippen LogP contribution in [0.5, 0.6) is 0 Å². The van der Waals surface area contributed by atoms with Crippen LogP contribution in [0.2, 0.25) is 0 Å². The molecule has 1 unspecified atom stereocenters. The minimum absolute atomic E-state index is 0.0442. The number of nitrogens with zero attached hydrogens (tertiary/aromatic N) is 1. The number of furan rings is 1. The molecule has 0 fully saturated rings. The summed E-state index contributed by atoms with van der Waals surface area (Å²) in [7, 11) is 2.07. The van der Waals surface area contributed by atoms with E-state index >= 15 is 0 Å². The zero-order valence-corrected chi connectivity index (χ0v) is 18.0. The number of amides is 1. The van der Waals surface area contributed by atoms with E-state index in [1.54, 1.807) is 18.2 Å². The lowest BCUT2D eigenvalue weighted by Crippen LogP contribution is -2.25. The maximum absolute atomic E-state index is 13.0. The third kappa shape index (κ3) is 4.38. The van der Waals surface area contributed by atoms with Crippen LogP contribution < -0.4 is 9.62 Å². The van der Waals surface area contributed by atoms with Crippen molar-refractivity contribution in [3.05, 3.63) is 84.1 Å². The highest BCUT2D eigenvalue weighted by Crippen LogP contribution is 2.27. The number of nitrogens with one attached hydrogen (secondary N) is 1. The molecule has 1 aromatic heterocycles. The van der Waals surface area contributed by atoms with Crippen LogP contribution in [0.15, 0.2) is 82.1 Å². The van der Waals surface area contributed by atoms with Crippen LogP contribution in [-0.4, -0.2) is 29.3 Å². The smallest absolute Gasteiger partial charge is 0.298 e. The van der Waals surface area contributed by atoms with Crippen LogP contribution in [0.1, 0.15) is 16.1 Å². The fraction of sp³-hybridized carbons (Fsp3) is 0.125. The molecule has 0 spiro atoms. The Morgan fingerprint density at radius 3 is 2.48 bits per heavy atom. The number of carbonyl (C=O) groups excluding carboxylic acids is 1. The van der Waals surface area contributed by atoms with Gasteiger partial charge in [0.1, 0.15) is 5.58 Å². The van der Waals surface area contributed by atoms with E-state index in [2.05, 4.69) is 4.72 Å². The van der Waals surface area contributed by atoms with E-state index in [1.165, 1.54) is 0 Å². The summed E-state index contributed by atoms with van der Waals surface area (Å²) in [5.41, 5.74) is 3.92. The molecule has 31 heavy (non-hydrogen) atoms. The minimum atomic E-state index is -1.78. The number of hydrogen-bond acceptors (Lipinski definition) is 5. The van der Waals surface area contributed by atoms with Crippen LogP contribution in [0.4, 0.5) is 5.69 Å². The third-order valence-electron chi connectivity index (χ3n) is 4.96. The van der Waals surface area contributed by atoms with Crippen molar-refractivity contribution < 1.29 is 18.5 Å². The van der Waals surface area contributed by atoms with Gasteiger partial charge in [0.05, 0.1) is 11.5 Å². The Morgan fingerprint density at radius 2 is 1.77 bits per heavy atom. The first-order chi connectivity index (χ1) is 15.0. The first kappa shape index (κ1) is 20.8. The predicted octanol–water partition coefficient (Wildman–Crippen LogP) is 4.11. The van der Waals surface area contributed by atoms with E-state index in [9.17, 15) is 14.1 Å². The van der Waals surface area contributed by atoms with E-state index in [0.29, 0.717) is 10.5 Å². The summed E-state index contributed by atoms with van der Waals surface area (Å²) in [6, 6.07) is 21.8. The van der Waals surface area contributed by atoms with Gasteiger partial charge < -0.3 is 14.4 Å². The van der Waals surface area contributed by atoms with Gasteiger partial charge >= 0.3 is 0 Å². The van der Waals surface area contributed by atoms with Crippen molar-refractivity contribution in [3.8, 4) is 11.1 Å². The van der Waals surface area contributed by atoms with Gasteiger partial charge in [0.15, 0.2) is 16.7 Å². The molecule has 0 aliphatic carbocycles. The Hall–Kier alpha value is -3.42. The van der Waals surface area contributed by atoms with Gasteiger partial charge in [0.25, 0.3) is 5.91 Å². The van der Waals surface area contributed by atoms with Crippen molar-refractivity contribution in [2.24, 2.45) is 0 Å². The molecule has 3 aromatic carbocycles. The van der Waals surface area contributed by atoms with Gasteiger partial charge in [-0.15, -0.1) is 0 Å². The first-order valence-corrected chi connectivity index (χ1v) is 10.8. The Labute approximate surface area is 182 Å². The van der Waals surface area contributed by atoms with Crippen molar-refractivity contribution in [3.63, 3.8) is 0 Å². The second-order valence-electron chi connectivity index (χ2n) is 7.28. The molecule has 0 aliphatic heterocycles. The Kier molecular flexibility index (Phi) is 5.88. The lowest BCUT2D eigenvalue weighted by Gasteiger charge is -2.11. The number of anilines is 1. The fourth-order valence-electron chi connectivity index (χ4n) is 3.26. The van der Waals surface area contributed by atoms with Crippen molar-refractivity contribution in [2.45, 2.75) is 11.5 Å². The van der Waals surface area contributed by atoms with Crippen molar-refractivity contribution in [2.75, 3.05) is 19.0 Å². The molecule has 4 rings (SSSR count). The quantitative estimate of drug-likeness (QED) is 0.477. The lowest BCUT2D eigenvalue weighted by molar-refractivity contribution is 0.0958. The number of aliphatic hydroxyl groups is 1. The third-order valence-corrected chi connectivity index (χ3v) is 6.09. The summed E-state index contributed by atoms with van der Waals surface area (Å²) in [4.78, 5) is 15.1. The van der Waals surface area contributed by atoms with Crippen molar-refractivity contribution in [1.29, 1.82) is 0 Å². The second-order valence-corrected chi connectivity index (χ2v) is 8.46. The molecule has 0 radical (unpaired) electrons. The summed E-state index contributed by atoms with van der Waals surface area (Å²) in [5, 5.41) is 10.0. The average Bonchev–Trinajstić information content (AvgIpc) is 3.23. The van der Waals surface area contributed by atoms with Gasteiger partial charge in [-0.3, -0.25) is 9.52 Å². The summed E-state index contributed by atoms with van der Waals surface area (Å²) in [6.45, 7) is -0.0442. The van der Waals surface area contributed by atoms with Crippen LogP contribution in [0.3, 0.4) is 0 Å². The van der Waals surface area contributed by atoms with Gasteiger partial charge in [-0.1, -0.05) is 42.5 Å². The molecule has 4 aromatic rings. The summed E-state index contributed by atoms with van der Waals surface area (Å²) in [5.74, 6) is -0.449. The zero-order chi connectivity index (χ0) is 22.0. The van der Waals surface area contributed by atoms with Gasteiger partial charge in [0, 0.05) is 31.2 Å². The van der Waals surface area contributed by atoms with Gasteiger partial charge in [-0.2, -0.15) is 0 Å². The Morgan fingerprint density at radius 1 is 1.03 bits per heavy atom. The number of rotatable bonds is 6. The van der Waals surface area contributed by atoms with Crippen LogP contribution >= 0.6 is 0 Å². The van der Waals surface area contributed by atoms with E-state index in [0.717, 1.165) is 27.8 Å². The molecule has 1 heterocycles. The van der Waals surface area contributed by atoms with E-state index < -0.39 is 16.9 Å². The molecule has 7 heteroatoms. The molecule has 0 aliphatic rings.